The van der Waals surface area contributed by atoms with Crippen LogP contribution in [0.15, 0.2) is 24.3 Å². The highest BCUT2D eigenvalue weighted by atomic mass is 15.3. The largest absolute Gasteiger partial charge is 0.325 e. The third-order valence-electron chi connectivity index (χ3n) is 3.70. The monoisotopic (exact) mass is 268 g/mol. The predicted molar refractivity (Wildman–Crippen MR) is 81.2 cm³/mol. The highest BCUT2D eigenvalue weighted by Crippen LogP contribution is 2.32. The minimum atomic E-state index is 0.449. The molecule has 0 fully saturated rings. The van der Waals surface area contributed by atoms with Crippen LogP contribution < -0.4 is 10.6 Å². The van der Waals surface area contributed by atoms with E-state index in [9.17, 15) is 0 Å². The van der Waals surface area contributed by atoms with Crippen molar-refractivity contribution in [1.29, 1.82) is 0 Å². The van der Waals surface area contributed by atoms with Crippen LogP contribution >= 0.6 is 0 Å². The molecule has 2 N–H and O–H groups in total. The summed E-state index contributed by atoms with van der Waals surface area (Å²) in [5, 5.41) is 0. The van der Waals surface area contributed by atoms with Crippen LogP contribution in [0.3, 0.4) is 0 Å². The molecule has 1 aliphatic rings. The van der Waals surface area contributed by atoms with Crippen molar-refractivity contribution in [1.82, 2.24) is 9.97 Å². The second-order valence-electron chi connectivity index (χ2n) is 5.39. The third-order valence-corrected chi connectivity index (χ3v) is 3.70. The SMILES string of the molecule is Cc1ccc2c(c1)CCCN2c1nc(C)cc(CN)n1. The Morgan fingerprint density at radius 2 is 2.05 bits per heavy atom. The molecule has 4 nitrogen and oxygen atoms in total. The van der Waals surface area contributed by atoms with Gasteiger partial charge < -0.3 is 10.6 Å². The van der Waals surface area contributed by atoms with Crippen molar-refractivity contribution in [2.75, 3.05) is 11.4 Å². The Morgan fingerprint density at radius 3 is 2.85 bits per heavy atom. The molecular weight excluding hydrogens is 248 g/mol. The molecule has 0 saturated heterocycles. The average Bonchev–Trinajstić information content (AvgIpc) is 2.45. The Kier molecular flexibility index (Phi) is 3.40. The molecule has 4 heteroatoms. The molecule has 1 aromatic heterocycles. The van der Waals surface area contributed by atoms with Crippen molar-refractivity contribution in [2.24, 2.45) is 5.73 Å². The molecule has 1 aliphatic heterocycles. The lowest BCUT2D eigenvalue weighted by molar-refractivity contribution is 0.743. The number of aryl methyl sites for hydroxylation is 3. The Bertz CT molecular complexity index is 636. The lowest BCUT2D eigenvalue weighted by Crippen LogP contribution is -2.27. The maximum atomic E-state index is 5.72. The van der Waals surface area contributed by atoms with Gasteiger partial charge in [-0.05, 0) is 44.4 Å². The molecule has 2 heterocycles. The highest BCUT2D eigenvalue weighted by molar-refractivity contribution is 5.64. The molecule has 0 spiro atoms. The number of aromatic nitrogens is 2. The first kappa shape index (κ1) is 13.1. The molecule has 1 aromatic carbocycles. The maximum Gasteiger partial charge on any atom is 0.230 e. The number of rotatable bonds is 2. The molecule has 104 valence electrons. The fourth-order valence-corrected chi connectivity index (χ4v) is 2.78. The number of nitrogens with zero attached hydrogens (tertiary/aromatic N) is 3. The smallest absolute Gasteiger partial charge is 0.230 e. The summed E-state index contributed by atoms with van der Waals surface area (Å²) in [6, 6.07) is 8.54. The summed E-state index contributed by atoms with van der Waals surface area (Å²) in [4.78, 5) is 11.4. The summed E-state index contributed by atoms with van der Waals surface area (Å²) < 4.78 is 0. The van der Waals surface area contributed by atoms with E-state index >= 15 is 0 Å². The van der Waals surface area contributed by atoms with Gasteiger partial charge >= 0.3 is 0 Å². The van der Waals surface area contributed by atoms with Crippen LogP contribution in [0.5, 0.6) is 0 Å². The second kappa shape index (κ2) is 5.21. The first-order valence-electron chi connectivity index (χ1n) is 7.09. The molecule has 0 bridgehead atoms. The third kappa shape index (κ3) is 2.39. The number of hydrogen-bond donors (Lipinski definition) is 1. The van der Waals surface area contributed by atoms with Gasteiger partial charge in [0, 0.05) is 24.5 Å². The summed E-state index contributed by atoms with van der Waals surface area (Å²) >= 11 is 0. The summed E-state index contributed by atoms with van der Waals surface area (Å²) in [7, 11) is 0. The molecule has 0 radical (unpaired) electrons. The number of benzene rings is 1. The Hall–Kier alpha value is -1.94. The van der Waals surface area contributed by atoms with Gasteiger partial charge in [-0.1, -0.05) is 17.7 Å². The highest BCUT2D eigenvalue weighted by Gasteiger charge is 2.20. The van der Waals surface area contributed by atoms with E-state index in [1.54, 1.807) is 0 Å². The Labute approximate surface area is 119 Å². The summed E-state index contributed by atoms with van der Waals surface area (Å²) in [5.74, 6) is 0.773. The lowest BCUT2D eigenvalue weighted by Gasteiger charge is -2.30. The maximum absolute atomic E-state index is 5.72. The molecule has 0 unspecified atom stereocenters. The van der Waals surface area contributed by atoms with Gasteiger partial charge in [0.15, 0.2) is 0 Å². The van der Waals surface area contributed by atoms with Crippen LogP contribution in [-0.4, -0.2) is 16.5 Å². The fraction of sp³-hybridized carbons (Fsp3) is 0.375. The van der Waals surface area contributed by atoms with Gasteiger partial charge in [-0.15, -0.1) is 0 Å². The van der Waals surface area contributed by atoms with Crippen LogP contribution in [-0.2, 0) is 13.0 Å². The Morgan fingerprint density at radius 1 is 1.20 bits per heavy atom. The van der Waals surface area contributed by atoms with Gasteiger partial charge in [0.25, 0.3) is 0 Å². The molecule has 3 rings (SSSR count). The zero-order valence-electron chi connectivity index (χ0n) is 12.1. The molecule has 0 saturated carbocycles. The molecule has 20 heavy (non-hydrogen) atoms. The Balaban J connectivity index is 2.06. The molecule has 0 aliphatic carbocycles. The first-order chi connectivity index (χ1) is 9.67. The zero-order chi connectivity index (χ0) is 14.1. The van der Waals surface area contributed by atoms with Crippen molar-refractivity contribution >= 4 is 11.6 Å². The number of anilines is 2. The van der Waals surface area contributed by atoms with Crippen molar-refractivity contribution < 1.29 is 0 Å². The zero-order valence-corrected chi connectivity index (χ0v) is 12.1. The van der Waals surface area contributed by atoms with E-state index in [1.165, 1.54) is 16.8 Å². The normalized spacial score (nSPS) is 14.2. The molecular formula is C16H20N4. The quantitative estimate of drug-likeness (QED) is 0.909. The van der Waals surface area contributed by atoms with Crippen molar-refractivity contribution in [3.63, 3.8) is 0 Å². The van der Waals surface area contributed by atoms with Crippen LogP contribution in [0.4, 0.5) is 11.6 Å². The van der Waals surface area contributed by atoms with E-state index in [1.807, 2.05) is 13.0 Å². The molecule has 2 aromatic rings. The number of hydrogen-bond acceptors (Lipinski definition) is 4. The van der Waals surface area contributed by atoms with Gasteiger partial charge in [-0.3, -0.25) is 0 Å². The van der Waals surface area contributed by atoms with Gasteiger partial charge in [-0.25, -0.2) is 9.97 Å². The van der Waals surface area contributed by atoms with Crippen LogP contribution in [0.1, 0.15) is 28.9 Å². The molecule has 0 amide bonds. The average molecular weight is 268 g/mol. The lowest BCUT2D eigenvalue weighted by atomic mass is 10.00. The van der Waals surface area contributed by atoms with E-state index in [4.69, 9.17) is 5.73 Å². The first-order valence-corrected chi connectivity index (χ1v) is 7.09. The standard InChI is InChI=1S/C16H20N4/c1-11-5-6-15-13(8-11)4-3-7-20(15)16-18-12(2)9-14(10-17)19-16/h5-6,8-9H,3-4,7,10,17H2,1-2H3. The van der Waals surface area contributed by atoms with Gasteiger partial charge in [-0.2, -0.15) is 0 Å². The van der Waals surface area contributed by atoms with Crippen molar-refractivity contribution in [2.45, 2.75) is 33.2 Å². The fourth-order valence-electron chi connectivity index (χ4n) is 2.78. The predicted octanol–water partition coefficient (Wildman–Crippen LogP) is 2.64. The van der Waals surface area contributed by atoms with Gasteiger partial charge in [0.1, 0.15) is 0 Å². The van der Waals surface area contributed by atoms with Gasteiger partial charge in [0.05, 0.1) is 5.69 Å². The van der Waals surface area contributed by atoms with Crippen LogP contribution in [0.2, 0.25) is 0 Å². The summed E-state index contributed by atoms with van der Waals surface area (Å²) in [6.45, 7) is 5.54. The molecule has 0 atom stereocenters. The van der Waals surface area contributed by atoms with Crippen LogP contribution in [0.25, 0.3) is 0 Å². The second-order valence-corrected chi connectivity index (χ2v) is 5.39. The van der Waals surface area contributed by atoms with Crippen LogP contribution in [0, 0.1) is 13.8 Å². The summed E-state index contributed by atoms with van der Waals surface area (Å²) in [5.41, 5.74) is 11.5. The van der Waals surface area contributed by atoms with E-state index in [2.05, 4.69) is 40.0 Å². The number of fused-ring (bicyclic) bond motifs is 1. The minimum Gasteiger partial charge on any atom is -0.325 e. The van der Waals surface area contributed by atoms with E-state index in [0.29, 0.717) is 6.54 Å². The van der Waals surface area contributed by atoms with Gasteiger partial charge in [0.2, 0.25) is 5.95 Å². The van der Waals surface area contributed by atoms with E-state index in [-0.39, 0.29) is 0 Å². The van der Waals surface area contributed by atoms with E-state index in [0.717, 1.165) is 36.7 Å². The summed E-state index contributed by atoms with van der Waals surface area (Å²) in [6.07, 6.45) is 2.26. The van der Waals surface area contributed by atoms with E-state index < -0.39 is 0 Å². The topological polar surface area (TPSA) is 55.0 Å². The van der Waals surface area contributed by atoms with Crippen molar-refractivity contribution in [3.8, 4) is 0 Å². The van der Waals surface area contributed by atoms with Crippen molar-refractivity contribution in [3.05, 3.63) is 46.8 Å². The minimum absolute atomic E-state index is 0.449. The number of nitrogens with two attached hydrogens (primary N) is 1.